The second-order valence-electron chi connectivity index (χ2n) is 5.66. The Balaban J connectivity index is 1.90. The van der Waals surface area contributed by atoms with Gasteiger partial charge in [0.1, 0.15) is 5.82 Å². The van der Waals surface area contributed by atoms with Crippen molar-refractivity contribution in [1.29, 1.82) is 0 Å². The molecule has 0 saturated heterocycles. The standard InChI is InChI=1S/C20H19FN2O2S/c1-25-13-7-12-23(19(24)16-10-5-6-11-17(16)21)20-22-18(14-26-20)15-8-3-2-4-9-15/h2-6,8-11,14H,7,12-13H2,1H3. The molecule has 0 aliphatic carbocycles. The Kier molecular flexibility index (Phi) is 6.09. The van der Waals surface area contributed by atoms with Gasteiger partial charge in [0.05, 0.1) is 11.3 Å². The van der Waals surface area contributed by atoms with E-state index in [2.05, 4.69) is 4.98 Å². The number of benzene rings is 2. The molecule has 0 aliphatic heterocycles. The number of halogens is 1. The van der Waals surface area contributed by atoms with Gasteiger partial charge in [0.15, 0.2) is 5.13 Å². The zero-order valence-corrected chi connectivity index (χ0v) is 15.2. The fourth-order valence-corrected chi connectivity index (χ4v) is 3.42. The third-order valence-electron chi connectivity index (χ3n) is 3.87. The first-order valence-corrected chi connectivity index (χ1v) is 9.15. The molecular weight excluding hydrogens is 351 g/mol. The van der Waals surface area contributed by atoms with Gasteiger partial charge >= 0.3 is 0 Å². The van der Waals surface area contributed by atoms with Crippen molar-refractivity contribution in [2.24, 2.45) is 0 Å². The molecule has 0 N–H and O–H groups in total. The summed E-state index contributed by atoms with van der Waals surface area (Å²) in [4.78, 5) is 19.0. The number of thiazole rings is 1. The lowest BCUT2D eigenvalue weighted by Crippen LogP contribution is -2.33. The van der Waals surface area contributed by atoms with E-state index >= 15 is 0 Å². The molecule has 26 heavy (non-hydrogen) atoms. The summed E-state index contributed by atoms with van der Waals surface area (Å²) in [5.74, 6) is -0.928. The number of carbonyl (C=O) groups is 1. The van der Waals surface area contributed by atoms with Crippen LogP contribution < -0.4 is 4.90 Å². The normalized spacial score (nSPS) is 10.7. The first-order chi connectivity index (χ1) is 12.7. The van der Waals surface area contributed by atoms with Crippen LogP contribution in [-0.2, 0) is 4.74 Å². The first-order valence-electron chi connectivity index (χ1n) is 8.27. The van der Waals surface area contributed by atoms with Crippen molar-refractivity contribution in [1.82, 2.24) is 4.98 Å². The summed E-state index contributed by atoms with van der Waals surface area (Å²) >= 11 is 1.37. The first kappa shape index (κ1) is 18.2. The van der Waals surface area contributed by atoms with Gasteiger partial charge in [-0.2, -0.15) is 0 Å². The number of aromatic nitrogens is 1. The molecule has 0 spiro atoms. The number of hydrogen-bond donors (Lipinski definition) is 0. The van der Waals surface area contributed by atoms with E-state index in [9.17, 15) is 9.18 Å². The largest absolute Gasteiger partial charge is 0.385 e. The molecule has 0 aliphatic rings. The maximum Gasteiger partial charge on any atom is 0.263 e. The number of carbonyl (C=O) groups excluding carboxylic acids is 1. The fraction of sp³-hybridized carbons (Fsp3) is 0.200. The summed E-state index contributed by atoms with van der Waals surface area (Å²) in [5, 5.41) is 2.45. The Morgan fingerprint density at radius 2 is 1.88 bits per heavy atom. The predicted molar refractivity (Wildman–Crippen MR) is 102 cm³/mol. The summed E-state index contributed by atoms with van der Waals surface area (Å²) < 4.78 is 19.2. The van der Waals surface area contributed by atoms with Crippen LogP contribution in [0.5, 0.6) is 0 Å². The molecule has 4 nitrogen and oxygen atoms in total. The number of hydrogen-bond acceptors (Lipinski definition) is 4. The van der Waals surface area contributed by atoms with Crippen LogP contribution in [0.4, 0.5) is 9.52 Å². The average molecular weight is 370 g/mol. The van der Waals surface area contributed by atoms with Crippen LogP contribution in [-0.4, -0.2) is 31.2 Å². The van der Waals surface area contributed by atoms with E-state index in [0.29, 0.717) is 24.7 Å². The van der Waals surface area contributed by atoms with Gasteiger partial charge in [0.2, 0.25) is 0 Å². The fourth-order valence-electron chi connectivity index (χ4n) is 2.56. The Labute approximate surface area is 155 Å². The van der Waals surface area contributed by atoms with Gasteiger partial charge in [-0.1, -0.05) is 42.5 Å². The Bertz CT molecular complexity index is 867. The quantitative estimate of drug-likeness (QED) is 0.569. The van der Waals surface area contributed by atoms with E-state index in [1.165, 1.54) is 28.4 Å². The molecule has 0 fully saturated rings. The molecule has 1 amide bonds. The van der Waals surface area contributed by atoms with Gasteiger partial charge in [-0.05, 0) is 18.6 Å². The smallest absolute Gasteiger partial charge is 0.263 e. The zero-order chi connectivity index (χ0) is 18.4. The molecule has 3 aromatic rings. The Morgan fingerprint density at radius 1 is 1.15 bits per heavy atom. The maximum atomic E-state index is 14.1. The van der Waals surface area contributed by atoms with E-state index in [1.807, 2.05) is 35.7 Å². The lowest BCUT2D eigenvalue weighted by Gasteiger charge is -2.20. The van der Waals surface area contributed by atoms with Crippen LogP contribution in [0.15, 0.2) is 60.0 Å². The number of ether oxygens (including phenoxy) is 1. The summed E-state index contributed by atoms with van der Waals surface area (Å²) in [6.07, 6.45) is 0.636. The van der Waals surface area contributed by atoms with Gasteiger partial charge in [0, 0.05) is 31.2 Å². The zero-order valence-electron chi connectivity index (χ0n) is 14.4. The van der Waals surface area contributed by atoms with Crippen LogP contribution in [0.3, 0.4) is 0 Å². The van der Waals surface area contributed by atoms with Crippen molar-refractivity contribution < 1.29 is 13.9 Å². The highest BCUT2D eigenvalue weighted by atomic mass is 32.1. The van der Waals surface area contributed by atoms with Crippen molar-refractivity contribution in [2.45, 2.75) is 6.42 Å². The molecule has 2 aromatic carbocycles. The van der Waals surface area contributed by atoms with Gasteiger partial charge in [0.25, 0.3) is 5.91 Å². The second-order valence-corrected chi connectivity index (χ2v) is 6.50. The number of amides is 1. The SMILES string of the molecule is COCCCN(C(=O)c1ccccc1F)c1nc(-c2ccccc2)cs1. The second kappa shape index (κ2) is 8.69. The Hall–Kier alpha value is -2.57. The van der Waals surface area contributed by atoms with E-state index in [1.54, 1.807) is 19.2 Å². The molecule has 0 radical (unpaired) electrons. The molecular formula is C20H19FN2O2S. The highest BCUT2D eigenvalue weighted by Crippen LogP contribution is 2.28. The number of anilines is 1. The molecule has 1 aromatic heterocycles. The van der Waals surface area contributed by atoms with Crippen molar-refractivity contribution in [2.75, 3.05) is 25.2 Å². The third kappa shape index (κ3) is 4.15. The van der Waals surface area contributed by atoms with Crippen LogP contribution in [0, 0.1) is 5.82 Å². The highest BCUT2D eigenvalue weighted by molar-refractivity contribution is 7.14. The van der Waals surface area contributed by atoms with E-state index in [4.69, 9.17) is 4.74 Å². The summed E-state index contributed by atoms with van der Waals surface area (Å²) in [7, 11) is 1.61. The van der Waals surface area contributed by atoms with Crippen LogP contribution >= 0.6 is 11.3 Å². The molecule has 0 bridgehead atoms. The minimum Gasteiger partial charge on any atom is -0.385 e. The van der Waals surface area contributed by atoms with Crippen LogP contribution in [0.1, 0.15) is 16.8 Å². The van der Waals surface area contributed by atoms with E-state index in [-0.39, 0.29) is 5.56 Å². The van der Waals surface area contributed by atoms with Crippen molar-refractivity contribution in [3.05, 3.63) is 71.4 Å². The van der Waals surface area contributed by atoms with E-state index < -0.39 is 11.7 Å². The van der Waals surface area contributed by atoms with E-state index in [0.717, 1.165) is 11.3 Å². The molecule has 0 atom stereocenters. The van der Waals surface area contributed by atoms with Crippen LogP contribution in [0.25, 0.3) is 11.3 Å². The maximum absolute atomic E-state index is 14.1. The number of nitrogens with zero attached hydrogens (tertiary/aromatic N) is 2. The lowest BCUT2D eigenvalue weighted by atomic mass is 10.2. The topological polar surface area (TPSA) is 42.4 Å². The molecule has 1 heterocycles. The van der Waals surface area contributed by atoms with Crippen molar-refractivity contribution >= 4 is 22.4 Å². The average Bonchev–Trinajstić information content (AvgIpc) is 3.16. The molecule has 0 saturated carbocycles. The minimum atomic E-state index is -0.533. The lowest BCUT2D eigenvalue weighted by molar-refractivity contribution is 0.0979. The van der Waals surface area contributed by atoms with Crippen molar-refractivity contribution in [3.63, 3.8) is 0 Å². The number of methoxy groups -OCH3 is 1. The molecule has 0 unspecified atom stereocenters. The van der Waals surface area contributed by atoms with Gasteiger partial charge in [-0.3, -0.25) is 9.69 Å². The van der Waals surface area contributed by atoms with Gasteiger partial charge < -0.3 is 4.74 Å². The minimum absolute atomic E-state index is 0.0429. The van der Waals surface area contributed by atoms with Crippen LogP contribution in [0.2, 0.25) is 0 Å². The molecule has 3 rings (SSSR count). The van der Waals surface area contributed by atoms with Crippen molar-refractivity contribution in [3.8, 4) is 11.3 Å². The summed E-state index contributed by atoms with van der Waals surface area (Å²) in [5.41, 5.74) is 1.82. The number of rotatable bonds is 7. The summed E-state index contributed by atoms with van der Waals surface area (Å²) in [6, 6.07) is 15.8. The Morgan fingerprint density at radius 3 is 2.62 bits per heavy atom. The summed E-state index contributed by atoms with van der Waals surface area (Å²) in [6.45, 7) is 0.917. The third-order valence-corrected chi connectivity index (χ3v) is 4.74. The van der Waals surface area contributed by atoms with Gasteiger partial charge in [-0.15, -0.1) is 11.3 Å². The predicted octanol–water partition coefficient (Wildman–Crippen LogP) is 4.63. The monoisotopic (exact) mass is 370 g/mol. The highest BCUT2D eigenvalue weighted by Gasteiger charge is 2.23. The molecule has 134 valence electrons. The van der Waals surface area contributed by atoms with Gasteiger partial charge in [-0.25, -0.2) is 9.37 Å². The molecule has 6 heteroatoms.